The molecule has 0 amide bonds. The smallest absolute Gasteiger partial charge is 0.178 e. The van der Waals surface area contributed by atoms with Crippen molar-refractivity contribution < 1.29 is 28.5 Å². The molecule has 0 aliphatic carbocycles. The molecule has 0 saturated heterocycles. The van der Waals surface area contributed by atoms with Gasteiger partial charge in [-0.15, -0.1) is 0 Å². The highest BCUT2D eigenvalue weighted by molar-refractivity contribution is 6.06. The van der Waals surface area contributed by atoms with Crippen molar-refractivity contribution in [3.05, 3.63) is 65.3 Å². The van der Waals surface area contributed by atoms with Gasteiger partial charge in [0.1, 0.15) is 36.6 Å². The predicted octanol–water partition coefficient (Wildman–Crippen LogP) is 4.90. The topological polar surface area (TPSA) is 63.2 Å². The predicted molar refractivity (Wildman–Crippen MR) is 122 cm³/mol. The van der Waals surface area contributed by atoms with E-state index in [2.05, 4.69) is 12.7 Å². The number of benzene rings is 2. The van der Waals surface area contributed by atoms with Crippen molar-refractivity contribution in [1.29, 1.82) is 0 Å². The summed E-state index contributed by atoms with van der Waals surface area (Å²) in [7, 11) is 3.14. The number of ketones is 1. The van der Waals surface area contributed by atoms with Gasteiger partial charge in [0.2, 0.25) is 0 Å². The van der Waals surface area contributed by atoms with Crippen LogP contribution in [-0.4, -0.2) is 39.3 Å². The highest BCUT2D eigenvalue weighted by atomic mass is 16.5. The number of ether oxygens (including phenoxy) is 5. The van der Waals surface area contributed by atoms with Gasteiger partial charge in [0.15, 0.2) is 17.3 Å². The Hall–Kier alpha value is -3.41. The Labute approximate surface area is 188 Å². The average molecular weight is 437 g/mol. The third kappa shape index (κ3) is 3.81. The third-order valence-corrected chi connectivity index (χ3v) is 5.73. The van der Waals surface area contributed by atoms with E-state index in [1.165, 1.54) is 5.57 Å². The van der Waals surface area contributed by atoms with Crippen LogP contribution in [0.5, 0.6) is 28.7 Å². The van der Waals surface area contributed by atoms with Gasteiger partial charge in [-0.3, -0.25) is 4.79 Å². The van der Waals surface area contributed by atoms with Crippen LogP contribution >= 0.6 is 0 Å². The van der Waals surface area contributed by atoms with E-state index in [0.29, 0.717) is 47.3 Å². The molecular weight excluding hydrogens is 408 g/mol. The Balaban J connectivity index is 1.80. The second kappa shape index (κ2) is 8.99. The number of hydrogen-bond donors (Lipinski definition) is 0. The number of carbonyl (C=O) groups is 1. The monoisotopic (exact) mass is 436 g/mol. The van der Waals surface area contributed by atoms with Crippen LogP contribution in [0.1, 0.15) is 41.3 Å². The van der Waals surface area contributed by atoms with Gasteiger partial charge in [-0.05, 0) is 38.5 Å². The number of fused-ring (bicyclic) bond motifs is 4. The molecule has 2 aromatic rings. The summed E-state index contributed by atoms with van der Waals surface area (Å²) in [6, 6.07) is 7.20. The molecule has 0 spiro atoms. The Kier molecular flexibility index (Phi) is 6.12. The molecule has 2 heterocycles. The van der Waals surface area contributed by atoms with Gasteiger partial charge in [0.25, 0.3) is 0 Å². The molecule has 0 saturated carbocycles. The molecule has 0 bridgehead atoms. The zero-order valence-electron chi connectivity index (χ0n) is 18.9. The van der Waals surface area contributed by atoms with Crippen LogP contribution in [0, 0.1) is 0 Å². The summed E-state index contributed by atoms with van der Waals surface area (Å²) in [5.41, 5.74) is 3.33. The summed E-state index contributed by atoms with van der Waals surface area (Å²) in [4.78, 5) is 13.7. The van der Waals surface area contributed by atoms with Crippen molar-refractivity contribution in [2.75, 3.05) is 27.4 Å². The molecule has 0 aromatic heterocycles. The molecule has 2 atom stereocenters. The fourth-order valence-electron chi connectivity index (χ4n) is 4.17. The van der Waals surface area contributed by atoms with E-state index in [-0.39, 0.29) is 12.4 Å². The van der Waals surface area contributed by atoms with Crippen LogP contribution in [-0.2, 0) is 6.42 Å². The van der Waals surface area contributed by atoms with Crippen LogP contribution in [0.3, 0.4) is 0 Å². The summed E-state index contributed by atoms with van der Waals surface area (Å²) in [5.74, 6) is 2.50. The summed E-state index contributed by atoms with van der Waals surface area (Å²) in [5, 5.41) is 0. The van der Waals surface area contributed by atoms with E-state index in [1.807, 2.05) is 26.0 Å². The number of hydrogen-bond acceptors (Lipinski definition) is 6. The van der Waals surface area contributed by atoms with E-state index in [1.54, 1.807) is 32.4 Å². The highest BCUT2D eigenvalue weighted by Crippen LogP contribution is 2.48. The van der Waals surface area contributed by atoms with Crippen molar-refractivity contribution in [2.45, 2.75) is 32.3 Å². The maximum atomic E-state index is 13.7. The van der Waals surface area contributed by atoms with Crippen molar-refractivity contribution in [3.63, 3.8) is 0 Å². The fourth-order valence-corrected chi connectivity index (χ4v) is 4.17. The molecule has 0 N–H and O–H groups in total. The molecule has 2 aromatic carbocycles. The maximum absolute atomic E-state index is 13.7. The number of allylic oxidation sites excluding steroid dienone is 2. The minimum atomic E-state index is -0.484. The van der Waals surface area contributed by atoms with Crippen LogP contribution in [0.2, 0.25) is 0 Å². The summed E-state index contributed by atoms with van der Waals surface area (Å²) in [6.07, 6.45) is 3.95. The van der Waals surface area contributed by atoms with E-state index in [9.17, 15) is 4.79 Å². The van der Waals surface area contributed by atoms with Crippen molar-refractivity contribution in [3.8, 4) is 28.7 Å². The summed E-state index contributed by atoms with van der Waals surface area (Å²) >= 11 is 0. The van der Waals surface area contributed by atoms with Gasteiger partial charge in [0.05, 0.1) is 25.7 Å². The molecule has 4 rings (SSSR count). The fraction of sp³-hybridized carbons (Fsp3) is 0.346. The Morgan fingerprint density at radius 2 is 1.91 bits per heavy atom. The minimum absolute atomic E-state index is 0.00161. The van der Waals surface area contributed by atoms with Crippen LogP contribution < -0.4 is 23.7 Å². The first kappa shape index (κ1) is 21.8. The Morgan fingerprint density at radius 3 is 2.59 bits per heavy atom. The molecule has 0 fully saturated rings. The molecule has 0 unspecified atom stereocenters. The lowest BCUT2D eigenvalue weighted by Gasteiger charge is -2.38. The molecule has 6 heteroatoms. The second-order valence-corrected chi connectivity index (χ2v) is 8.06. The Morgan fingerprint density at radius 1 is 1.16 bits per heavy atom. The zero-order valence-corrected chi connectivity index (χ0v) is 18.9. The average Bonchev–Trinajstić information content (AvgIpc) is 2.80. The standard InChI is InChI=1S/C26H28O6/c1-6-11-30-19-10-9-17-25(27)24-18-12-21(28-4)22(29-5)13-20(18)31-14-23(24)32-26(17)16(19)8-7-15(2)3/h6-7,9-10,12-13,23-24H,1,8,11,14H2,2-5H3/t23-,24+/m1/s1. The van der Waals surface area contributed by atoms with Gasteiger partial charge in [-0.1, -0.05) is 24.3 Å². The van der Waals surface area contributed by atoms with E-state index < -0.39 is 12.0 Å². The molecular formula is C26H28O6. The number of carbonyl (C=O) groups excluding carboxylic acids is 1. The van der Waals surface area contributed by atoms with E-state index >= 15 is 0 Å². The van der Waals surface area contributed by atoms with Crippen molar-refractivity contribution in [1.82, 2.24) is 0 Å². The number of Topliss-reactive ketones (excluding diaryl/α,β-unsaturated/α-hetero) is 1. The van der Waals surface area contributed by atoms with Crippen LogP contribution in [0.4, 0.5) is 0 Å². The molecule has 2 aliphatic heterocycles. The normalized spacial score (nSPS) is 18.2. The molecule has 32 heavy (non-hydrogen) atoms. The minimum Gasteiger partial charge on any atom is -0.493 e. The van der Waals surface area contributed by atoms with Gasteiger partial charge in [-0.2, -0.15) is 0 Å². The Bertz CT molecular complexity index is 1080. The van der Waals surface area contributed by atoms with Gasteiger partial charge in [0, 0.05) is 17.2 Å². The largest absolute Gasteiger partial charge is 0.493 e. The number of rotatable bonds is 7. The van der Waals surface area contributed by atoms with Crippen molar-refractivity contribution >= 4 is 5.78 Å². The quantitative estimate of drug-likeness (QED) is 0.576. The lowest BCUT2D eigenvalue weighted by molar-refractivity contribution is 0.0552. The van der Waals surface area contributed by atoms with Crippen LogP contribution in [0.25, 0.3) is 0 Å². The summed E-state index contributed by atoms with van der Waals surface area (Å²) in [6.45, 7) is 8.43. The first-order chi connectivity index (χ1) is 15.5. The highest BCUT2D eigenvalue weighted by Gasteiger charge is 2.44. The molecule has 2 aliphatic rings. The van der Waals surface area contributed by atoms with Gasteiger partial charge < -0.3 is 23.7 Å². The second-order valence-electron chi connectivity index (χ2n) is 8.06. The maximum Gasteiger partial charge on any atom is 0.178 e. The van der Waals surface area contributed by atoms with Gasteiger partial charge in [-0.25, -0.2) is 0 Å². The first-order valence-electron chi connectivity index (χ1n) is 10.6. The summed E-state index contributed by atoms with van der Waals surface area (Å²) < 4.78 is 29.1. The zero-order chi connectivity index (χ0) is 22.8. The van der Waals surface area contributed by atoms with E-state index in [0.717, 1.165) is 11.1 Å². The molecule has 6 nitrogen and oxygen atoms in total. The van der Waals surface area contributed by atoms with Gasteiger partial charge >= 0.3 is 0 Å². The van der Waals surface area contributed by atoms with Crippen molar-refractivity contribution in [2.24, 2.45) is 0 Å². The lowest BCUT2D eigenvalue weighted by atomic mass is 9.81. The van der Waals surface area contributed by atoms with Crippen LogP contribution in [0.15, 0.2) is 48.6 Å². The lowest BCUT2D eigenvalue weighted by Crippen LogP contribution is -2.43. The molecule has 168 valence electrons. The third-order valence-electron chi connectivity index (χ3n) is 5.73. The number of methoxy groups -OCH3 is 2. The van der Waals surface area contributed by atoms with E-state index in [4.69, 9.17) is 23.7 Å². The molecule has 0 radical (unpaired) electrons. The first-order valence-corrected chi connectivity index (χ1v) is 10.6. The SMILES string of the molecule is C=CCOc1ccc2c(c1CC=C(C)C)O[C@@H]1COc3cc(OC)c(OC)cc3[C@@H]1C2=O.